The van der Waals surface area contributed by atoms with Crippen molar-refractivity contribution in [2.75, 3.05) is 0 Å². The first-order valence-corrected chi connectivity index (χ1v) is 5.67. The van der Waals surface area contributed by atoms with Crippen molar-refractivity contribution < 1.29 is 0 Å². The van der Waals surface area contributed by atoms with E-state index in [0.29, 0.717) is 6.04 Å². The van der Waals surface area contributed by atoms with Gasteiger partial charge in [-0.25, -0.2) is 4.68 Å². The molecule has 0 radical (unpaired) electrons. The molecule has 1 atom stereocenters. The van der Waals surface area contributed by atoms with Crippen LogP contribution in [-0.4, -0.2) is 21.0 Å². The van der Waals surface area contributed by atoms with Crippen LogP contribution >= 0.6 is 0 Å². The van der Waals surface area contributed by atoms with E-state index in [2.05, 4.69) is 42.4 Å². The highest BCUT2D eigenvalue weighted by molar-refractivity contribution is 5.75. The van der Waals surface area contributed by atoms with E-state index in [1.54, 1.807) is 0 Å². The van der Waals surface area contributed by atoms with Crippen molar-refractivity contribution in [3.63, 3.8) is 0 Å². The lowest BCUT2D eigenvalue weighted by Gasteiger charge is -2.07. The van der Waals surface area contributed by atoms with E-state index in [1.807, 2.05) is 11.6 Å². The van der Waals surface area contributed by atoms with Crippen LogP contribution in [0.3, 0.4) is 0 Å². The third-order valence-corrected chi connectivity index (χ3v) is 2.58. The van der Waals surface area contributed by atoms with E-state index in [4.69, 9.17) is 5.73 Å². The van der Waals surface area contributed by atoms with E-state index >= 15 is 0 Å². The Labute approximate surface area is 95.4 Å². The summed E-state index contributed by atoms with van der Waals surface area (Å²) < 4.78 is 1.94. The second-order valence-electron chi connectivity index (χ2n) is 4.63. The molecule has 0 aliphatic rings. The molecule has 2 aromatic rings. The summed E-state index contributed by atoms with van der Waals surface area (Å²) >= 11 is 0. The molecule has 4 heteroatoms. The fourth-order valence-corrected chi connectivity index (χ4v) is 1.87. The first-order chi connectivity index (χ1) is 7.58. The van der Waals surface area contributed by atoms with Gasteiger partial charge in [-0.2, -0.15) is 0 Å². The third-order valence-electron chi connectivity index (χ3n) is 2.58. The summed E-state index contributed by atoms with van der Waals surface area (Å²) in [6.07, 6.45) is 0.879. The number of benzene rings is 1. The van der Waals surface area contributed by atoms with Gasteiger partial charge in [-0.15, -0.1) is 5.10 Å². The lowest BCUT2D eigenvalue weighted by molar-refractivity contribution is 0.530. The summed E-state index contributed by atoms with van der Waals surface area (Å²) in [5.41, 5.74) is 9.04. The molecular formula is C12H18N4. The van der Waals surface area contributed by atoms with Gasteiger partial charge in [0, 0.05) is 12.1 Å². The molecule has 2 rings (SSSR count). The first-order valence-electron chi connectivity index (χ1n) is 5.67. The molecule has 86 valence electrons. The van der Waals surface area contributed by atoms with Crippen molar-refractivity contribution in [1.29, 1.82) is 0 Å². The second-order valence-corrected chi connectivity index (χ2v) is 4.63. The van der Waals surface area contributed by atoms with Gasteiger partial charge in [-0.05, 0) is 44.9 Å². The van der Waals surface area contributed by atoms with E-state index < -0.39 is 0 Å². The molecule has 0 aliphatic heterocycles. The average molecular weight is 218 g/mol. The molecule has 0 saturated heterocycles. The zero-order valence-corrected chi connectivity index (χ0v) is 10.0. The highest BCUT2D eigenvalue weighted by Crippen LogP contribution is 2.17. The van der Waals surface area contributed by atoms with Crippen molar-refractivity contribution in [3.05, 3.63) is 23.8 Å². The molecule has 1 unspecified atom stereocenters. The fraction of sp³-hybridized carbons (Fsp3) is 0.500. The topological polar surface area (TPSA) is 56.7 Å². The van der Waals surface area contributed by atoms with Crippen molar-refractivity contribution in [1.82, 2.24) is 15.0 Å². The Balaban J connectivity index is 2.41. The predicted molar refractivity (Wildman–Crippen MR) is 65.3 cm³/mol. The van der Waals surface area contributed by atoms with Crippen molar-refractivity contribution in [2.24, 2.45) is 5.73 Å². The largest absolute Gasteiger partial charge is 0.328 e. The zero-order chi connectivity index (χ0) is 11.7. The summed E-state index contributed by atoms with van der Waals surface area (Å²) in [6, 6.07) is 6.77. The minimum Gasteiger partial charge on any atom is -0.328 e. The lowest BCUT2D eigenvalue weighted by Crippen LogP contribution is -2.17. The average Bonchev–Trinajstić information content (AvgIpc) is 2.59. The predicted octanol–water partition coefficient (Wildman–Crippen LogP) is 1.90. The van der Waals surface area contributed by atoms with Gasteiger partial charge < -0.3 is 5.73 Å². The molecule has 0 aliphatic carbocycles. The van der Waals surface area contributed by atoms with Crippen LogP contribution in [0.4, 0.5) is 0 Å². The lowest BCUT2D eigenvalue weighted by atomic mass is 10.1. The van der Waals surface area contributed by atoms with Gasteiger partial charge in [0.15, 0.2) is 0 Å². The maximum Gasteiger partial charge on any atom is 0.113 e. The summed E-state index contributed by atoms with van der Waals surface area (Å²) in [4.78, 5) is 0. The highest BCUT2D eigenvalue weighted by Gasteiger charge is 2.08. The number of nitrogens with two attached hydrogens (primary N) is 1. The Hall–Kier alpha value is -1.42. The van der Waals surface area contributed by atoms with E-state index in [-0.39, 0.29) is 6.04 Å². The van der Waals surface area contributed by atoms with Crippen LogP contribution in [-0.2, 0) is 6.42 Å². The van der Waals surface area contributed by atoms with Crippen LogP contribution in [0.5, 0.6) is 0 Å². The Bertz CT molecular complexity index is 485. The van der Waals surface area contributed by atoms with Gasteiger partial charge in [0.1, 0.15) is 5.52 Å². The summed E-state index contributed by atoms with van der Waals surface area (Å²) in [5.74, 6) is 0. The molecule has 1 aromatic heterocycles. The molecule has 0 bridgehead atoms. The number of fused-ring (bicyclic) bond motifs is 1. The van der Waals surface area contributed by atoms with Gasteiger partial charge in [0.2, 0.25) is 0 Å². The minimum absolute atomic E-state index is 0.178. The Morgan fingerprint density at radius 1 is 1.31 bits per heavy atom. The number of nitrogens with zero attached hydrogens (tertiary/aromatic N) is 3. The highest BCUT2D eigenvalue weighted by atomic mass is 15.4. The number of rotatable bonds is 3. The maximum atomic E-state index is 5.78. The summed E-state index contributed by atoms with van der Waals surface area (Å²) in [6.45, 7) is 6.21. The van der Waals surface area contributed by atoms with Crippen molar-refractivity contribution in [2.45, 2.75) is 39.3 Å². The Morgan fingerprint density at radius 3 is 2.69 bits per heavy atom. The normalized spacial score (nSPS) is 13.6. The smallest absolute Gasteiger partial charge is 0.113 e. The summed E-state index contributed by atoms with van der Waals surface area (Å²) in [7, 11) is 0. The number of hydrogen-bond acceptors (Lipinski definition) is 3. The molecule has 4 nitrogen and oxygen atoms in total. The van der Waals surface area contributed by atoms with E-state index in [9.17, 15) is 0 Å². The van der Waals surface area contributed by atoms with Crippen molar-refractivity contribution >= 4 is 11.0 Å². The third kappa shape index (κ3) is 2.07. The van der Waals surface area contributed by atoms with Crippen molar-refractivity contribution in [3.8, 4) is 0 Å². The molecule has 0 saturated carbocycles. The molecule has 1 aromatic carbocycles. The molecule has 0 amide bonds. The van der Waals surface area contributed by atoms with Gasteiger partial charge in [0.25, 0.3) is 0 Å². The number of hydrogen-bond donors (Lipinski definition) is 1. The molecular weight excluding hydrogens is 200 g/mol. The van der Waals surface area contributed by atoms with Crippen LogP contribution in [0.2, 0.25) is 0 Å². The molecule has 1 heterocycles. The van der Waals surface area contributed by atoms with E-state index in [1.165, 1.54) is 5.56 Å². The zero-order valence-electron chi connectivity index (χ0n) is 10.0. The van der Waals surface area contributed by atoms with Crippen LogP contribution < -0.4 is 5.73 Å². The quantitative estimate of drug-likeness (QED) is 0.856. The Morgan fingerprint density at radius 2 is 2.06 bits per heavy atom. The minimum atomic E-state index is 0.178. The fourth-order valence-electron chi connectivity index (χ4n) is 1.87. The molecule has 2 N–H and O–H groups in total. The van der Waals surface area contributed by atoms with Gasteiger partial charge >= 0.3 is 0 Å². The monoisotopic (exact) mass is 218 g/mol. The summed E-state index contributed by atoms with van der Waals surface area (Å²) in [5, 5.41) is 8.33. The first kappa shape index (κ1) is 11.1. The standard InChI is InChI=1S/C12H18N4/c1-8(2)16-12-5-4-10(6-9(3)13)7-11(12)14-15-16/h4-5,7-9H,6,13H2,1-3H3. The Kier molecular flexibility index (Phi) is 2.92. The van der Waals surface area contributed by atoms with E-state index in [0.717, 1.165) is 17.5 Å². The molecule has 0 fully saturated rings. The van der Waals surface area contributed by atoms with Gasteiger partial charge in [-0.1, -0.05) is 11.3 Å². The molecule has 16 heavy (non-hydrogen) atoms. The second kappa shape index (κ2) is 4.22. The van der Waals surface area contributed by atoms with Crippen LogP contribution in [0.15, 0.2) is 18.2 Å². The SMILES string of the molecule is CC(N)Cc1ccc2c(c1)nnn2C(C)C. The van der Waals surface area contributed by atoms with Gasteiger partial charge in [0.05, 0.1) is 5.52 Å². The van der Waals surface area contributed by atoms with Crippen LogP contribution in [0.1, 0.15) is 32.4 Å². The van der Waals surface area contributed by atoms with Gasteiger partial charge in [-0.3, -0.25) is 0 Å². The molecule has 0 spiro atoms. The van der Waals surface area contributed by atoms with Crippen LogP contribution in [0, 0.1) is 0 Å². The number of aromatic nitrogens is 3. The maximum absolute atomic E-state index is 5.78. The van der Waals surface area contributed by atoms with Crippen LogP contribution in [0.25, 0.3) is 11.0 Å².